The van der Waals surface area contributed by atoms with E-state index in [0.717, 1.165) is 41.7 Å². The summed E-state index contributed by atoms with van der Waals surface area (Å²) in [5.74, 6) is 2.48. The molecule has 1 fully saturated rings. The molecule has 0 atom stereocenters. The van der Waals surface area contributed by atoms with E-state index in [-0.39, 0.29) is 0 Å². The highest BCUT2D eigenvalue weighted by molar-refractivity contribution is 5.93. The molecule has 0 bridgehead atoms. The monoisotopic (exact) mass is 363 g/mol. The number of ether oxygens (including phenoxy) is 2. The van der Waals surface area contributed by atoms with E-state index in [9.17, 15) is 0 Å². The number of methoxy groups -OCH3 is 2. The number of anilines is 1. The van der Waals surface area contributed by atoms with Gasteiger partial charge >= 0.3 is 0 Å². The van der Waals surface area contributed by atoms with Crippen molar-refractivity contribution >= 4 is 16.6 Å². The normalized spacial score (nSPS) is 14.4. The standard InChI is InChI=1S/C22H25N3O2/c1-26-20-11-10-16(15-21(20)27-2)14-19-17-8-4-5-9-18(17)22(24-23-19)25-12-6-3-7-13-25/h4-5,8-11,15H,3,6-7,12-14H2,1-2H3. The Morgan fingerprint density at radius 1 is 0.852 bits per heavy atom. The maximum Gasteiger partial charge on any atom is 0.160 e. The van der Waals surface area contributed by atoms with Crippen LogP contribution in [-0.4, -0.2) is 37.5 Å². The highest BCUT2D eigenvalue weighted by Gasteiger charge is 2.17. The third kappa shape index (κ3) is 3.54. The molecule has 140 valence electrons. The Hall–Kier alpha value is -2.82. The summed E-state index contributed by atoms with van der Waals surface area (Å²) in [7, 11) is 3.31. The number of rotatable bonds is 5. The van der Waals surface area contributed by atoms with Crippen molar-refractivity contribution in [1.82, 2.24) is 10.2 Å². The summed E-state index contributed by atoms with van der Waals surface area (Å²) < 4.78 is 10.8. The van der Waals surface area contributed by atoms with Gasteiger partial charge in [-0.05, 0) is 37.0 Å². The maximum atomic E-state index is 5.43. The summed E-state index contributed by atoms with van der Waals surface area (Å²) in [6, 6.07) is 14.5. The summed E-state index contributed by atoms with van der Waals surface area (Å²) in [6.45, 7) is 2.13. The molecule has 2 aromatic carbocycles. The third-order valence-corrected chi connectivity index (χ3v) is 5.22. The molecule has 0 spiro atoms. The van der Waals surface area contributed by atoms with Crippen LogP contribution in [0.2, 0.25) is 0 Å². The van der Waals surface area contributed by atoms with Crippen LogP contribution in [0.4, 0.5) is 5.82 Å². The van der Waals surface area contributed by atoms with Crippen LogP contribution in [-0.2, 0) is 6.42 Å². The Labute approximate surface area is 159 Å². The lowest BCUT2D eigenvalue weighted by atomic mass is 10.0. The fraction of sp³-hybridized carbons (Fsp3) is 0.364. The number of hydrogen-bond acceptors (Lipinski definition) is 5. The minimum absolute atomic E-state index is 0.703. The molecule has 27 heavy (non-hydrogen) atoms. The van der Waals surface area contributed by atoms with Crippen LogP contribution >= 0.6 is 0 Å². The van der Waals surface area contributed by atoms with Gasteiger partial charge in [0.1, 0.15) is 0 Å². The molecule has 3 aromatic rings. The molecule has 0 saturated carbocycles. The SMILES string of the molecule is COc1ccc(Cc2nnc(N3CCCCC3)c3ccccc23)cc1OC. The smallest absolute Gasteiger partial charge is 0.160 e. The molecule has 4 rings (SSSR count). The van der Waals surface area contributed by atoms with E-state index in [0.29, 0.717) is 6.42 Å². The molecule has 0 amide bonds. The van der Waals surface area contributed by atoms with Crippen LogP contribution in [0.25, 0.3) is 10.8 Å². The maximum absolute atomic E-state index is 5.43. The van der Waals surface area contributed by atoms with Gasteiger partial charge in [0, 0.05) is 30.3 Å². The first-order chi connectivity index (χ1) is 13.3. The molecule has 1 aliphatic rings. The van der Waals surface area contributed by atoms with E-state index in [1.54, 1.807) is 14.2 Å². The lowest BCUT2D eigenvalue weighted by molar-refractivity contribution is 0.354. The number of aromatic nitrogens is 2. The second-order valence-corrected chi connectivity index (χ2v) is 6.93. The van der Waals surface area contributed by atoms with Crippen molar-refractivity contribution < 1.29 is 9.47 Å². The first-order valence-corrected chi connectivity index (χ1v) is 9.50. The van der Waals surface area contributed by atoms with Crippen molar-refractivity contribution in [2.45, 2.75) is 25.7 Å². The Kier molecular flexibility index (Phi) is 5.10. The van der Waals surface area contributed by atoms with E-state index in [1.165, 1.54) is 30.0 Å². The van der Waals surface area contributed by atoms with Gasteiger partial charge in [0.05, 0.1) is 19.9 Å². The van der Waals surface area contributed by atoms with Crippen molar-refractivity contribution in [3.63, 3.8) is 0 Å². The highest BCUT2D eigenvalue weighted by atomic mass is 16.5. The minimum atomic E-state index is 0.703. The Morgan fingerprint density at radius 3 is 2.33 bits per heavy atom. The predicted molar refractivity (Wildman–Crippen MR) is 108 cm³/mol. The minimum Gasteiger partial charge on any atom is -0.493 e. The van der Waals surface area contributed by atoms with E-state index in [1.807, 2.05) is 12.1 Å². The number of fused-ring (bicyclic) bond motifs is 1. The lowest BCUT2D eigenvalue weighted by Crippen LogP contribution is -2.30. The molecule has 0 radical (unpaired) electrons. The third-order valence-electron chi connectivity index (χ3n) is 5.22. The molecule has 5 nitrogen and oxygen atoms in total. The molecule has 5 heteroatoms. The first kappa shape index (κ1) is 17.6. The van der Waals surface area contributed by atoms with E-state index in [2.05, 4.69) is 45.4 Å². The summed E-state index contributed by atoms with van der Waals surface area (Å²) >= 11 is 0. The van der Waals surface area contributed by atoms with Gasteiger partial charge in [-0.3, -0.25) is 0 Å². The van der Waals surface area contributed by atoms with Crippen LogP contribution in [0.15, 0.2) is 42.5 Å². The Morgan fingerprint density at radius 2 is 1.59 bits per heavy atom. The van der Waals surface area contributed by atoms with Crippen molar-refractivity contribution in [1.29, 1.82) is 0 Å². The molecular formula is C22H25N3O2. The summed E-state index contributed by atoms with van der Waals surface area (Å²) in [4.78, 5) is 2.37. The molecule has 1 aromatic heterocycles. The van der Waals surface area contributed by atoms with Gasteiger partial charge in [0.15, 0.2) is 17.3 Å². The number of piperidine rings is 1. The second-order valence-electron chi connectivity index (χ2n) is 6.93. The van der Waals surface area contributed by atoms with Crippen LogP contribution in [0.1, 0.15) is 30.5 Å². The summed E-state index contributed by atoms with van der Waals surface area (Å²) in [6.07, 6.45) is 4.46. The number of nitrogens with zero attached hydrogens (tertiary/aromatic N) is 3. The molecule has 0 N–H and O–H groups in total. The van der Waals surface area contributed by atoms with Gasteiger partial charge in [-0.25, -0.2) is 0 Å². The van der Waals surface area contributed by atoms with Gasteiger partial charge in [-0.15, -0.1) is 5.10 Å². The zero-order valence-corrected chi connectivity index (χ0v) is 15.9. The van der Waals surface area contributed by atoms with Crippen molar-refractivity contribution in [2.75, 3.05) is 32.2 Å². The van der Waals surface area contributed by atoms with Crippen LogP contribution in [0.3, 0.4) is 0 Å². The Balaban J connectivity index is 1.71. The Bertz CT molecular complexity index is 936. The predicted octanol–water partition coefficient (Wildman–Crippen LogP) is 4.23. The molecule has 2 heterocycles. The first-order valence-electron chi connectivity index (χ1n) is 9.50. The van der Waals surface area contributed by atoms with Crippen molar-refractivity contribution in [2.24, 2.45) is 0 Å². The average molecular weight is 363 g/mol. The fourth-order valence-electron chi connectivity index (χ4n) is 3.80. The van der Waals surface area contributed by atoms with E-state index < -0.39 is 0 Å². The molecule has 0 aliphatic carbocycles. The summed E-state index contributed by atoms with van der Waals surface area (Å²) in [5, 5.41) is 11.6. The highest BCUT2D eigenvalue weighted by Crippen LogP contribution is 2.31. The molecule has 1 saturated heterocycles. The summed E-state index contributed by atoms with van der Waals surface area (Å²) in [5.41, 5.74) is 2.11. The van der Waals surface area contributed by atoms with Crippen LogP contribution < -0.4 is 14.4 Å². The number of hydrogen-bond donors (Lipinski definition) is 0. The molecule has 1 aliphatic heterocycles. The lowest BCUT2D eigenvalue weighted by Gasteiger charge is -2.28. The van der Waals surface area contributed by atoms with E-state index in [4.69, 9.17) is 9.47 Å². The fourth-order valence-corrected chi connectivity index (χ4v) is 3.80. The molecular weight excluding hydrogens is 338 g/mol. The topological polar surface area (TPSA) is 47.5 Å². The van der Waals surface area contributed by atoms with Gasteiger partial charge < -0.3 is 14.4 Å². The zero-order chi connectivity index (χ0) is 18.6. The van der Waals surface area contributed by atoms with Crippen molar-refractivity contribution in [3.05, 3.63) is 53.7 Å². The van der Waals surface area contributed by atoms with Crippen LogP contribution in [0, 0.1) is 0 Å². The van der Waals surface area contributed by atoms with Gasteiger partial charge in [0.2, 0.25) is 0 Å². The van der Waals surface area contributed by atoms with Crippen LogP contribution in [0.5, 0.6) is 11.5 Å². The zero-order valence-electron chi connectivity index (χ0n) is 15.9. The largest absolute Gasteiger partial charge is 0.493 e. The van der Waals surface area contributed by atoms with Crippen molar-refractivity contribution in [3.8, 4) is 11.5 Å². The molecule has 0 unspecified atom stereocenters. The average Bonchev–Trinajstić information content (AvgIpc) is 2.74. The quantitative estimate of drug-likeness (QED) is 0.679. The number of benzene rings is 2. The van der Waals surface area contributed by atoms with Gasteiger partial charge in [-0.2, -0.15) is 5.10 Å². The van der Waals surface area contributed by atoms with Gasteiger partial charge in [0.25, 0.3) is 0 Å². The van der Waals surface area contributed by atoms with E-state index >= 15 is 0 Å². The second kappa shape index (κ2) is 7.82. The van der Waals surface area contributed by atoms with Gasteiger partial charge in [-0.1, -0.05) is 30.3 Å².